The highest BCUT2D eigenvalue weighted by Crippen LogP contribution is 2.45. The number of carbonyl (C=O) groups excluding carboxylic acids is 4. The van der Waals surface area contributed by atoms with Gasteiger partial charge in [0, 0.05) is 25.7 Å². The molecule has 5 atom stereocenters. The first kappa shape index (κ1) is 100. The Morgan fingerprint density at radius 2 is 0.451 bits per heavy atom. The van der Waals surface area contributed by atoms with E-state index in [1.165, 1.54) is 270 Å². The number of aliphatic hydroxyl groups is 1. The van der Waals surface area contributed by atoms with E-state index in [2.05, 4.69) is 34.6 Å². The fraction of sp³-hybridized carbons (Fsp3) is 0.952. The minimum absolute atomic E-state index is 0.108. The van der Waals surface area contributed by atoms with Crippen molar-refractivity contribution in [3.05, 3.63) is 0 Å². The smallest absolute Gasteiger partial charge is 0.462 e. The van der Waals surface area contributed by atoms with E-state index in [0.717, 1.165) is 95.8 Å². The number of carbonyl (C=O) groups is 4. The summed E-state index contributed by atoms with van der Waals surface area (Å²) in [6, 6.07) is 0. The van der Waals surface area contributed by atoms with Crippen LogP contribution in [0, 0.1) is 5.92 Å². The molecule has 0 bridgehead atoms. The Bertz CT molecular complexity index is 1940. The van der Waals surface area contributed by atoms with Gasteiger partial charge >= 0.3 is 39.5 Å². The average Bonchev–Trinajstić information content (AvgIpc) is 0.915. The van der Waals surface area contributed by atoms with Crippen LogP contribution < -0.4 is 0 Å². The monoisotopic (exact) mass is 1490 g/mol. The number of phosphoric ester groups is 2. The minimum Gasteiger partial charge on any atom is -0.462 e. The van der Waals surface area contributed by atoms with Crippen molar-refractivity contribution in [3.8, 4) is 0 Å². The lowest BCUT2D eigenvalue weighted by molar-refractivity contribution is -0.161. The van der Waals surface area contributed by atoms with Gasteiger partial charge < -0.3 is 33.8 Å². The second-order valence-electron chi connectivity index (χ2n) is 30.3. The SMILES string of the molecule is CCCCCCCCCCCCCCCCCCCCCC(=O)O[C@H](COC(=O)CCCCCCCCCCCCCCCCCCCC)COP(=O)(O)OC[C@@H](O)COP(=O)(O)OC[C@@H](COC(=O)CCCCCCCCCCC)OC(=O)CCCCCCCCCCCCCCCC(C)C. The Labute approximate surface area is 626 Å². The van der Waals surface area contributed by atoms with Crippen LogP contribution in [0.3, 0.4) is 0 Å². The summed E-state index contributed by atoms with van der Waals surface area (Å²) in [6.45, 7) is 7.35. The van der Waals surface area contributed by atoms with Gasteiger partial charge in [-0.05, 0) is 31.6 Å². The standard InChI is InChI=1S/C83H162O17P2/c1-6-9-12-15-18-21-23-25-27-29-31-33-35-39-43-48-53-58-63-68-82(87)100-79(73-94-81(86)67-62-57-52-47-42-38-34-32-30-28-26-24-22-19-16-13-10-7-2)75-98-102(91,92)96-71-77(84)70-95-101(89,90)97-74-78(72-93-80(85)66-61-56-51-45-20-17-14-11-8-3)99-83(88)69-64-59-54-49-44-40-36-37-41-46-50-55-60-65-76(4)5/h76-79,84H,6-75H2,1-5H3,(H,89,90)(H,91,92)/t77-,78+,79+/m0/s1. The summed E-state index contributed by atoms with van der Waals surface area (Å²) >= 11 is 0. The Hall–Kier alpha value is -1.94. The molecule has 0 spiro atoms. The van der Waals surface area contributed by atoms with Crippen molar-refractivity contribution in [1.29, 1.82) is 0 Å². The van der Waals surface area contributed by atoms with Gasteiger partial charge in [0.25, 0.3) is 0 Å². The molecule has 606 valence electrons. The van der Waals surface area contributed by atoms with Crippen LogP contribution in [0.1, 0.15) is 446 Å². The quantitative estimate of drug-likeness (QED) is 0.0222. The van der Waals surface area contributed by atoms with E-state index >= 15 is 0 Å². The molecule has 0 aliphatic heterocycles. The van der Waals surface area contributed by atoms with Gasteiger partial charge in [0.1, 0.15) is 19.3 Å². The number of ether oxygens (including phenoxy) is 4. The van der Waals surface area contributed by atoms with Crippen molar-refractivity contribution in [2.45, 2.75) is 464 Å². The number of hydrogen-bond donors (Lipinski definition) is 3. The van der Waals surface area contributed by atoms with E-state index in [9.17, 15) is 43.2 Å². The molecular weight excluding hydrogens is 1330 g/mol. The number of esters is 4. The summed E-state index contributed by atoms with van der Waals surface area (Å²) in [5.74, 6) is -1.32. The number of rotatable bonds is 83. The molecule has 102 heavy (non-hydrogen) atoms. The van der Waals surface area contributed by atoms with E-state index in [1.807, 2.05) is 0 Å². The highest BCUT2D eigenvalue weighted by Gasteiger charge is 2.30. The molecule has 17 nitrogen and oxygen atoms in total. The molecule has 0 radical (unpaired) electrons. The summed E-state index contributed by atoms with van der Waals surface area (Å²) in [4.78, 5) is 73.1. The van der Waals surface area contributed by atoms with Crippen LogP contribution in [0.25, 0.3) is 0 Å². The molecule has 19 heteroatoms. The molecule has 3 N–H and O–H groups in total. The normalized spacial score (nSPS) is 13.8. The molecule has 0 fully saturated rings. The predicted molar refractivity (Wildman–Crippen MR) is 418 cm³/mol. The van der Waals surface area contributed by atoms with Crippen molar-refractivity contribution in [3.63, 3.8) is 0 Å². The lowest BCUT2D eigenvalue weighted by atomic mass is 10.0. The molecule has 0 aliphatic carbocycles. The third-order valence-corrected chi connectivity index (χ3v) is 21.4. The van der Waals surface area contributed by atoms with Crippen molar-refractivity contribution < 1.29 is 80.2 Å². The van der Waals surface area contributed by atoms with Crippen molar-refractivity contribution in [2.24, 2.45) is 5.92 Å². The Balaban J connectivity index is 5.21. The first-order valence-corrected chi connectivity index (χ1v) is 46.1. The van der Waals surface area contributed by atoms with Crippen molar-refractivity contribution in [1.82, 2.24) is 0 Å². The fourth-order valence-corrected chi connectivity index (χ4v) is 14.5. The van der Waals surface area contributed by atoms with E-state index in [0.29, 0.717) is 25.7 Å². The first-order valence-electron chi connectivity index (χ1n) is 43.1. The zero-order chi connectivity index (χ0) is 74.8. The molecule has 0 aromatic carbocycles. The zero-order valence-corrected chi connectivity index (χ0v) is 68.5. The largest absolute Gasteiger partial charge is 0.472 e. The maximum atomic E-state index is 13.1. The van der Waals surface area contributed by atoms with Crippen molar-refractivity contribution >= 4 is 39.5 Å². The van der Waals surface area contributed by atoms with E-state index < -0.39 is 97.5 Å². The molecule has 0 aliphatic rings. The van der Waals surface area contributed by atoms with Crippen molar-refractivity contribution in [2.75, 3.05) is 39.6 Å². The van der Waals surface area contributed by atoms with Gasteiger partial charge in [-0.1, -0.05) is 394 Å². The van der Waals surface area contributed by atoms with Gasteiger partial charge in [-0.25, -0.2) is 9.13 Å². The zero-order valence-electron chi connectivity index (χ0n) is 66.8. The molecule has 0 saturated heterocycles. The lowest BCUT2D eigenvalue weighted by Crippen LogP contribution is -2.30. The van der Waals surface area contributed by atoms with Crippen LogP contribution in [0.2, 0.25) is 0 Å². The molecule has 0 amide bonds. The molecule has 0 aromatic heterocycles. The van der Waals surface area contributed by atoms with Gasteiger partial charge in [-0.15, -0.1) is 0 Å². The molecule has 0 heterocycles. The minimum atomic E-state index is -4.96. The Morgan fingerprint density at radius 1 is 0.265 bits per heavy atom. The number of phosphoric acid groups is 2. The average molecular weight is 1490 g/mol. The predicted octanol–water partition coefficient (Wildman–Crippen LogP) is 25.2. The summed E-state index contributed by atoms with van der Waals surface area (Å²) < 4.78 is 68.8. The highest BCUT2D eigenvalue weighted by molar-refractivity contribution is 7.47. The van der Waals surface area contributed by atoms with E-state index in [4.69, 9.17) is 37.0 Å². The second-order valence-corrected chi connectivity index (χ2v) is 33.3. The van der Waals surface area contributed by atoms with Crippen LogP contribution in [0.5, 0.6) is 0 Å². The van der Waals surface area contributed by atoms with Crippen LogP contribution in [0.15, 0.2) is 0 Å². The number of aliphatic hydroxyl groups excluding tert-OH is 1. The summed E-state index contributed by atoms with van der Waals surface area (Å²) in [6.07, 6.45) is 68.0. The summed E-state index contributed by atoms with van der Waals surface area (Å²) in [7, 11) is -9.92. The van der Waals surface area contributed by atoms with Gasteiger partial charge in [-0.2, -0.15) is 0 Å². The molecule has 0 saturated carbocycles. The topological polar surface area (TPSA) is 237 Å². The summed E-state index contributed by atoms with van der Waals surface area (Å²) in [5.41, 5.74) is 0. The molecule has 0 aromatic rings. The third-order valence-electron chi connectivity index (χ3n) is 19.5. The van der Waals surface area contributed by atoms with Gasteiger partial charge in [0.15, 0.2) is 12.2 Å². The molecule has 2 unspecified atom stereocenters. The fourth-order valence-electron chi connectivity index (χ4n) is 12.9. The van der Waals surface area contributed by atoms with Gasteiger partial charge in [0.2, 0.25) is 0 Å². The maximum absolute atomic E-state index is 13.1. The van der Waals surface area contributed by atoms with Crippen LogP contribution in [-0.2, 0) is 65.4 Å². The van der Waals surface area contributed by atoms with E-state index in [1.54, 1.807) is 0 Å². The van der Waals surface area contributed by atoms with E-state index in [-0.39, 0.29) is 25.7 Å². The number of hydrogen-bond acceptors (Lipinski definition) is 15. The third kappa shape index (κ3) is 76.3. The second kappa shape index (κ2) is 75.9. The van der Waals surface area contributed by atoms with Gasteiger partial charge in [-0.3, -0.25) is 37.3 Å². The molecular formula is C83H162O17P2. The Morgan fingerprint density at radius 3 is 0.667 bits per heavy atom. The lowest BCUT2D eigenvalue weighted by Gasteiger charge is -2.21. The Kier molecular flexibility index (Phi) is 74.4. The maximum Gasteiger partial charge on any atom is 0.472 e. The summed E-state index contributed by atoms with van der Waals surface area (Å²) in [5, 5.41) is 10.7. The highest BCUT2D eigenvalue weighted by atomic mass is 31.2. The van der Waals surface area contributed by atoms with Crippen LogP contribution >= 0.6 is 15.6 Å². The number of unbranched alkanes of at least 4 members (excludes halogenated alkanes) is 55. The first-order chi connectivity index (χ1) is 49.5. The van der Waals surface area contributed by atoms with Gasteiger partial charge in [0.05, 0.1) is 26.4 Å². The van der Waals surface area contributed by atoms with Crippen LogP contribution in [0.4, 0.5) is 0 Å². The molecule has 0 rings (SSSR count). The van der Waals surface area contributed by atoms with Crippen LogP contribution in [-0.4, -0.2) is 96.7 Å².